The van der Waals surface area contributed by atoms with Crippen molar-refractivity contribution in [1.82, 2.24) is 0 Å². The largest absolute Gasteiger partial charge is 0.508 e. The third-order valence-electron chi connectivity index (χ3n) is 4.97. The summed E-state index contributed by atoms with van der Waals surface area (Å²) < 4.78 is 5.71. The number of carbonyl (C=O) groups is 1. The van der Waals surface area contributed by atoms with Gasteiger partial charge in [-0.25, -0.2) is 0 Å². The van der Waals surface area contributed by atoms with Crippen LogP contribution in [0.3, 0.4) is 0 Å². The van der Waals surface area contributed by atoms with Crippen molar-refractivity contribution in [1.29, 1.82) is 0 Å². The molecule has 7 heteroatoms. The first-order chi connectivity index (χ1) is 13.4. The van der Waals surface area contributed by atoms with Crippen LogP contribution in [-0.2, 0) is 11.2 Å². The second-order valence-corrected chi connectivity index (χ2v) is 7.02. The van der Waals surface area contributed by atoms with Crippen molar-refractivity contribution in [2.24, 2.45) is 0 Å². The first-order valence-corrected chi connectivity index (χ1v) is 9.20. The zero-order chi connectivity index (χ0) is 20.3. The minimum atomic E-state index is -0.934. The Hall–Kier alpha value is -2.61. The van der Waals surface area contributed by atoms with Gasteiger partial charge in [-0.05, 0) is 43.0 Å². The number of benzene rings is 2. The summed E-state index contributed by atoms with van der Waals surface area (Å²) in [5, 5.41) is 49.3. The number of Topliss-reactive ketones (excluding diaryl/α,β-unsaturated/α-hetero) is 1. The van der Waals surface area contributed by atoms with Crippen LogP contribution in [0.2, 0.25) is 0 Å². The van der Waals surface area contributed by atoms with Crippen LogP contribution >= 0.6 is 0 Å². The highest BCUT2D eigenvalue weighted by atomic mass is 16.5. The average molecular weight is 388 g/mol. The molecule has 3 atom stereocenters. The van der Waals surface area contributed by atoms with E-state index < -0.39 is 18.3 Å². The molecule has 1 saturated heterocycles. The fraction of sp³-hybridized carbons (Fsp3) is 0.381. The Morgan fingerprint density at radius 3 is 2.43 bits per heavy atom. The van der Waals surface area contributed by atoms with E-state index in [0.29, 0.717) is 19.3 Å². The lowest BCUT2D eigenvalue weighted by Gasteiger charge is -2.34. The molecule has 7 nitrogen and oxygen atoms in total. The Kier molecular flexibility index (Phi) is 6.18. The average Bonchev–Trinajstić information content (AvgIpc) is 2.67. The summed E-state index contributed by atoms with van der Waals surface area (Å²) in [7, 11) is 0. The predicted molar refractivity (Wildman–Crippen MR) is 100 cm³/mol. The summed E-state index contributed by atoms with van der Waals surface area (Å²) in [6.07, 6.45) is -1.02. The zero-order valence-corrected chi connectivity index (χ0v) is 15.3. The first kappa shape index (κ1) is 20.1. The molecule has 150 valence electrons. The van der Waals surface area contributed by atoms with Crippen LogP contribution in [0.1, 0.15) is 46.9 Å². The van der Waals surface area contributed by atoms with Crippen molar-refractivity contribution in [2.45, 2.75) is 44.0 Å². The Balaban J connectivity index is 1.87. The summed E-state index contributed by atoms with van der Waals surface area (Å²) in [6.45, 7) is -0.224. The van der Waals surface area contributed by atoms with Crippen molar-refractivity contribution in [2.75, 3.05) is 6.61 Å². The number of hydrogen-bond acceptors (Lipinski definition) is 7. The van der Waals surface area contributed by atoms with Gasteiger partial charge in [0.25, 0.3) is 0 Å². The van der Waals surface area contributed by atoms with Crippen LogP contribution in [0, 0.1) is 0 Å². The Morgan fingerprint density at radius 1 is 1.04 bits per heavy atom. The van der Waals surface area contributed by atoms with E-state index in [2.05, 4.69) is 0 Å². The van der Waals surface area contributed by atoms with Gasteiger partial charge >= 0.3 is 0 Å². The van der Waals surface area contributed by atoms with Gasteiger partial charge in [0.05, 0.1) is 24.4 Å². The third-order valence-corrected chi connectivity index (χ3v) is 4.97. The number of phenols is 3. The molecule has 0 aromatic heterocycles. The number of ether oxygens (including phenoxy) is 1. The van der Waals surface area contributed by atoms with Gasteiger partial charge in [0, 0.05) is 18.1 Å². The SMILES string of the molecule is O=C(CCc1ccc(O)cc1)c1c(O)cc(O)cc1C1OC(CO)CCC1O. The number of hydrogen-bond donors (Lipinski definition) is 5. The van der Waals surface area contributed by atoms with E-state index in [-0.39, 0.29) is 47.2 Å². The molecule has 5 N–H and O–H groups in total. The normalized spacial score (nSPS) is 22.1. The quantitative estimate of drug-likeness (QED) is 0.480. The van der Waals surface area contributed by atoms with Gasteiger partial charge in [-0.15, -0.1) is 0 Å². The molecule has 0 spiro atoms. The second-order valence-electron chi connectivity index (χ2n) is 7.02. The van der Waals surface area contributed by atoms with Gasteiger partial charge in [-0.1, -0.05) is 12.1 Å². The maximum absolute atomic E-state index is 12.9. The number of aromatic hydroxyl groups is 3. The monoisotopic (exact) mass is 388 g/mol. The summed E-state index contributed by atoms with van der Waals surface area (Å²) in [4.78, 5) is 12.9. The topological polar surface area (TPSA) is 127 Å². The minimum Gasteiger partial charge on any atom is -0.508 e. The van der Waals surface area contributed by atoms with Gasteiger partial charge in [-0.3, -0.25) is 4.79 Å². The molecule has 2 aromatic rings. The maximum Gasteiger partial charge on any atom is 0.167 e. The molecule has 3 unspecified atom stereocenters. The molecular formula is C21H24O7. The lowest BCUT2D eigenvalue weighted by Crippen LogP contribution is -2.35. The van der Waals surface area contributed by atoms with Crippen molar-refractivity contribution in [3.05, 3.63) is 53.1 Å². The zero-order valence-electron chi connectivity index (χ0n) is 15.3. The van der Waals surface area contributed by atoms with E-state index in [4.69, 9.17) is 4.74 Å². The number of aliphatic hydroxyl groups excluding tert-OH is 2. The van der Waals surface area contributed by atoms with Crippen molar-refractivity contribution in [3.8, 4) is 17.2 Å². The number of rotatable bonds is 6. The highest BCUT2D eigenvalue weighted by Crippen LogP contribution is 2.39. The third kappa shape index (κ3) is 4.44. The van der Waals surface area contributed by atoms with Gasteiger partial charge in [0.1, 0.15) is 23.4 Å². The highest BCUT2D eigenvalue weighted by molar-refractivity contribution is 6.00. The number of ketones is 1. The van der Waals surface area contributed by atoms with Gasteiger partial charge in [0.15, 0.2) is 5.78 Å². The lowest BCUT2D eigenvalue weighted by atomic mass is 9.89. The maximum atomic E-state index is 12.9. The number of carbonyl (C=O) groups excluding carboxylic acids is 1. The van der Waals surface area contributed by atoms with Gasteiger partial charge in [-0.2, -0.15) is 0 Å². The molecule has 1 fully saturated rings. The van der Waals surface area contributed by atoms with Gasteiger partial charge in [0.2, 0.25) is 0 Å². The summed E-state index contributed by atoms with van der Waals surface area (Å²) in [5.41, 5.74) is 1.05. The molecule has 0 saturated carbocycles. The molecule has 1 heterocycles. The Labute approximate surface area is 162 Å². The number of aliphatic hydroxyl groups is 2. The molecule has 0 bridgehead atoms. The fourth-order valence-corrected chi connectivity index (χ4v) is 3.50. The standard InChI is InChI=1S/C21H24O7/c22-11-15-6-8-18(26)21(28-15)16-9-14(24)10-19(27)20(16)17(25)7-3-12-1-4-13(23)5-2-12/h1-2,4-5,9-10,15,18,21-24,26-27H,3,6-8,11H2. The molecule has 0 amide bonds. The van der Waals surface area contributed by atoms with E-state index >= 15 is 0 Å². The van der Waals surface area contributed by atoms with Gasteiger partial charge < -0.3 is 30.3 Å². The molecule has 1 aliphatic heterocycles. The molecular weight excluding hydrogens is 364 g/mol. The first-order valence-electron chi connectivity index (χ1n) is 9.20. The number of phenolic OH excluding ortho intramolecular Hbond substituents is 3. The predicted octanol–water partition coefficient (Wildman–Crippen LogP) is 2.19. The summed E-state index contributed by atoms with van der Waals surface area (Å²) in [5.74, 6) is -0.852. The fourth-order valence-electron chi connectivity index (χ4n) is 3.50. The highest BCUT2D eigenvalue weighted by Gasteiger charge is 2.34. The molecule has 28 heavy (non-hydrogen) atoms. The van der Waals surface area contributed by atoms with Crippen LogP contribution < -0.4 is 0 Å². The van der Waals surface area contributed by atoms with Crippen LogP contribution in [-0.4, -0.2) is 50.1 Å². The smallest absolute Gasteiger partial charge is 0.167 e. The van der Waals surface area contributed by atoms with Crippen molar-refractivity contribution in [3.63, 3.8) is 0 Å². The van der Waals surface area contributed by atoms with E-state index in [1.807, 2.05) is 0 Å². The lowest BCUT2D eigenvalue weighted by molar-refractivity contribution is -0.132. The Morgan fingerprint density at radius 2 is 1.75 bits per heavy atom. The molecule has 0 radical (unpaired) electrons. The second kappa shape index (κ2) is 8.60. The van der Waals surface area contributed by atoms with Crippen LogP contribution in [0.25, 0.3) is 0 Å². The molecule has 3 rings (SSSR count). The number of aryl methyl sites for hydroxylation is 1. The van der Waals surface area contributed by atoms with E-state index in [9.17, 15) is 30.3 Å². The van der Waals surface area contributed by atoms with E-state index in [0.717, 1.165) is 11.6 Å². The van der Waals surface area contributed by atoms with Crippen LogP contribution in [0.4, 0.5) is 0 Å². The minimum absolute atomic E-state index is 0.000724. The van der Waals surface area contributed by atoms with Crippen LogP contribution in [0.15, 0.2) is 36.4 Å². The van der Waals surface area contributed by atoms with Crippen LogP contribution in [0.5, 0.6) is 17.2 Å². The van der Waals surface area contributed by atoms with E-state index in [1.165, 1.54) is 18.2 Å². The summed E-state index contributed by atoms with van der Waals surface area (Å²) >= 11 is 0. The van der Waals surface area contributed by atoms with Crippen molar-refractivity contribution < 1.29 is 35.1 Å². The van der Waals surface area contributed by atoms with Crippen molar-refractivity contribution >= 4 is 5.78 Å². The molecule has 1 aliphatic rings. The summed E-state index contributed by atoms with van der Waals surface area (Å²) in [6, 6.07) is 8.87. The molecule has 2 aromatic carbocycles. The van der Waals surface area contributed by atoms with E-state index in [1.54, 1.807) is 12.1 Å². The Bertz CT molecular complexity index is 831. The molecule has 0 aliphatic carbocycles.